The Labute approximate surface area is 125 Å². The van der Waals surface area contributed by atoms with Crippen LogP contribution in [0.25, 0.3) is 0 Å². The summed E-state index contributed by atoms with van der Waals surface area (Å²) in [5.74, 6) is -0.258. The first-order valence-electron chi connectivity index (χ1n) is 6.33. The summed E-state index contributed by atoms with van der Waals surface area (Å²) in [4.78, 5) is 0.123. The average Bonchev–Trinajstić information content (AvgIpc) is 2.65. The third-order valence-corrected chi connectivity index (χ3v) is 6.74. The largest absolute Gasteiger partial charge is 0.398 e. The van der Waals surface area contributed by atoms with E-state index in [-0.39, 0.29) is 10.6 Å². The van der Waals surface area contributed by atoms with E-state index in [2.05, 4.69) is 4.72 Å². The van der Waals surface area contributed by atoms with E-state index in [9.17, 15) is 16.8 Å². The zero-order valence-electron chi connectivity index (χ0n) is 12.0. The number of rotatable bonds is 3. The van der Waals surface area contributed by atoms with Gasteiger partial charge in [0.05, 0.1) is 16.7 Å². The molecule has 0 spiro atoms. The molecule has 0 saturated carbocycles. The second kappa shape index (κ2) is 5.11. The molecule has 0 bridgehead atoms. The zero-order valence-corrected chi connectivity index (χ0v) is 13.7. The number of anilines is 1. The molecule has 1 aliphatic heterocycles. The highest BCUT2D eigenvalue weighted by Gasteiger charge is 2.29. The van der Waals surface area contributed by atoms with Gasteiger partial charge in [-0.2, -0.15) is 0 Å². The minimum absolute atomic E-state index is 0.123. The molecule has 1 aliphatic rings. The number of aryl methyl sites for hydroxylation is 1. The van der Waals surface area contributed by atoms with Gasteiger partial charge in [-0.05, 0) is 43.5 Å². The minimum atomic E-state index is -3.85. The van der Waals surface area contributed by atoms with Crippen molar-refractivity contribution in [3.05, 3.63) is 34.2 Å². The second-order valence-electron chi connectivity index (χ2n) is 5.25. The molecule has 3 N–H and O–H groups in total. The summed E-state index contributed by atoms with van der Waals surface area (Å²) in [6.45, 7) is 5.12. The van der Waals surface area contributed by atoms with Gasteiger partial charge in [0.2, 0.25) is 10.0 Å². The number of benzene rings is 1. The van der Waals surface area contributed by atoms with Crippen molar-refractivity contribution in [2.45, 2.75) is 31.7 Å². The van der Waals surface area contributed by atoms with Crippen LogP contribution in [0.3, 0.4) is 0 Å². The van der Waals surface area contributed by atoms with Gasteiger partial charge in [0.25, 0.3) is 0 Å². The monoisotopic (exact) mass is 330 g/mol. The quantitative estimate of drug-likeness (QED) is 0.797. The molecular weight excluding hydrogens is 312 g/mol. The van der Waals surface area contributed by atoms with E-state index in [4.69, 9.17) is 5.73 Å². The highest BCUT2D eigenvalue weighted by Crippen LogP contribution is 2.28. The van der Waals surface area contributed by atoms with Crippen LogP contribution in [0, 0.1) is 20.8 Å². The van der Waals surface area contributed by atoms with Crippen molar-refractivity contribution in [3.8, 4) is 0 Å². The summed E-state index contributed by atoms with van der Waals surface area (Å²) in [6.07, 6.45) is 1.34. The molecule has 0 radical (unpaired) electrons. The van der Waals surface area contributed by atoms with Gasteiger partial charge in [0.15, 0.2) is 9.84 Å². The Morgan fingerprint density at radius 2 is 1.86 bits per heavy atom. The van der Waals surface area contributed by atoms with E-state index in [0.717, 1.165) is 11.0 Å². The van der Waals surface area contributed by atoms with Crippen molar-refractivity contribution in [2.24, 2.45) is 0 Å². The summed E-state index contributed by atoms with van der Waals surface area (Å²) in [7, 11) is -7.16. The highest BCUT2D eigenvalue weighted by atomic mass is 32.2. The molecule has 1 aromatic rings. The molecule has 1 unspecified atom stereocenters. The number of hydrogen-bond acceptors (Lipinski definition) is 5. The average molecular weight is 330 g/mol. The molecule has 0 fully saturated rings. The molecule has 1 heterocycles. The lowest BCUT2D eigenvalue weighted by molar-refractivity contribution is 0.573. The van der Waals surface area contributed by atoms with E-state index in [1.807, 2.05) is 0 Å². The molecular formula is C13H18N2O4S2. The summed E-state index contributed by atoms with van der Waals surface area (Å²) in [5, 5.41) is 1.03. The molecule has 21 heavy (non-hydrogen) atoms. The van der Waals surface area contributed by atoms with Crippen LogP contribution in [-0.4, -0.2) is 28.6 Å². The van der Waals surface area contributed by atoms with Crippen LogP contribution >= 0.6 is 0 Å². The third-order valence-electron chi connectivity index (χ3n) is 3.58. The Bertz CT molecular complexity index is 798. The second-order valence-corrected chi connectivity index (χ2v) is 8.83. The maximum absolute atomic E-state index is 12.5. The molecule has 0 aliphatic carbocycles. The van der Waals surface area contributed by atoms with Crippen LogP contribution in [0.1, 0.15) is 16.7 Å². The fraction of sp³-hybridized carbons (Fsp3) is 0.385. The Balaban J connectivity index is 2.45. The van der Waals surface area contributed by atoms with Crippen molar-refractivity contribution in [1.82, 2.24) is 4.72 Å². The first-order valence-corrected chi connectivity index (χ1v) is 9.53. The fourth-order valence-corrected chi connectivity index (χ4v) is 5.46. The van der Waals surface area contributed by atoms with Crippen LogP contribution in [-0.2, 0) is 19.9 Å². The van der Waals surface area contributed by atoms with Gasteiger partial charge in [-0.15, -0.1) is 0 Å². The number of nitrogen functional groups attached to an aromatic ring is 1. The van der Waals surface area contributed by atoms with Gasteiger partial charge in [0.1, 0.15) is 0 Å². The Morgan fingerprint density at radius 3 is 2.38 bits per heavy atom. The van der Waals surface area contributed by atoms with Crippen molar-refractivity contribution in [1.29, 1.82) is 0 Å². The maximum Gasteiger partial charge on any atom is 0.241 e. The van der Waals surface area contributed by atoms with Crippen LogP contribution in [0.5, 0.6) is 0 Å². The van der Waals surface area contributed by atoms with Gasteiger partial charge in [-0.1, -0.05) is 6.08 Å². The van der Waals surface area contributed by atoms with Gasteiger partial charge < -0.3 is 5.73 Å². The van der Waals surface area contributed by atoms with Crippen LogP contribution in [0.15, 0.2) is 22.4 Å². The van der Waals surface area contributed by atoms with Crippen molar-refractivity contribution >= 4 is 25.5 Å². The summed E-state index contributed by atoms with van der Waals surface area (Å²) >= 11 is 0. The first-order chi connectivity index (χ1) is 9.53. The predicted molar refractivity (Wildman–Crippen MR) is 82.1 cm³/mol. The topological polar surface area (TPSA) is 106 Å². The molecule has 1 aromatic carbocycles. The lowest BCUT2D eigenvalue weighted by Gasteiger charge is -2.17. The molecule has 116 valence electrons. The normalized spacial score (nSPS) is 20.8. The minimum Gasteiger partial charge on any atom is -0.398 e. The van der Waals surface area contributed by atoms with E-state index in [0.29, 0.717) is 16.8 Å². The molecule has 0 amide bonds. The van der Waals surface area contributed by atoms with Gasteiger partial charge in [-0.25, -0.2) is 21.6 Å². The van der Waals surface area contributed by atoms with E-state index >= 15 is 0 Å². The summed E-state index contributed by atoms with van der Waals surface area (Å²) < 4.78 is 50.2. The molecule has 1 atom stereocenters. The lowest BCUT2D eigenvalue weighted by atomic mass is 10.1. The van der Waals surface area contributed by atoms with Crippen molar-refractivity contribution in [2.75, 3.05) is 11.5 Å². The van der Waals surface area contributed by atoms with E-state index in [1.54, 1.807) is 26.8 Å². The van der Waals surface area contributed by atoms with Gasteiger partial charge >= 0.3 is 0 Å². The predicted octanol–water partition coefficient (Wildman–Crippen LogP) is 0.783. The summed E-state index contributed by atoms with van der Waals surface area (Å²) in [6, 6.07) is 0.976. The lowest BCUT2D eigenvalue weighted by Crippen LogP contribution is -2.36. The Kier molecular flexibility index (Phi) is 3.90. The Morgan fingerprint density at radius 1 is 1.24 bits per heavy atom. The van der Waals surface area contributed by atoms with Crippen molar-refractivity contribution in [3.63, 3.8) is 0 Å². The zero-order chi connectivity index (χ0) is 16.0. The van der Waals surface area contributed by atoms with Crippen LogP contribution < -0.4 is 10.5 Å². The van der Waals surface area contributed by atoms with Gasteiger partial charge in [-0.3, -0.25) is 0 Å². The standard InChI is InChI=1S/C13H18N2O4S2/c1-8-6-12(14)10(3)13(9(8)2)21(18,19)15-11-4-5-20(16,17)7-11/h4-6,11,15H,7,14H2,1-3H3. The van der Waals surface area contributed by atoms with Gasteiger partial charge in [0, 0.05) is 11.1 Å². The molecule has 8 heteroatoms. The number of hydrogen-bond donors (Lipinski definition) is 2. The molecule has 0 saturated heterocycles. The number of sulfone groups is 1. The number of sulfonamides is 1. The van der Waals surface area contributed by atoms with E-state index in [1.165, 1.54) is 6.08 Å². The third kappa shape index (κ3) is 3.12. The molecule has 6 nitrogen and oxygen atoms in total. The summed E-state index contributed by atoms with van der Waals surface area (Å²) in [5.41, 5.74) is 8.08. The number of nitrogens with one attached hydrogen (secondary N) is 1. The maximum atomic E-state index is 12.5. The van der Waals surface area contributed by atoms with Crippen molar-refractivity contribution < 1.29 is 16.8 Å². The SMILES string of the molecule is Cc1cc(N)c(C)c(S(=O)(=O)NC2C=CS(=O)(=O)C2)c1C. The smallest absolute Gasteiger partial charge is 0.241 e. The first kappa shape index (κ1) is 16.0. The molecule has 2 rings (SSSR count). The fourth-order valence-electron chi connectivity index (χ4n) is 2.35. The Hall–Kier alpha value is -1.38. The number of nitrogens with two attached hydrogens (primary N) is 1. The molecule has 0 aromatic heterocycles. The van der Waals surface area contributed by atoms with E-state index < -0.39 is 25.9 Å². The van der Waals surface area contributed by atoms with Crippen LogP contribution in [0.2, 0.25) is 0 Å². The van der Waals surface area contributed by atoms with Crippen LogP contribution in [0.4, 0.5) is 5.69 Å². The highest BCUT2D eigenvalue weighted by molar-refractivity contribution is 7.94.